The molecule has 0 amide bonds. The fraction of sp³-hybridized carbons (Fsp3) is 0.333. The largest absolute Gasteiger partial charge is 0.489 e. The first kappa shape index (κ1) is 14.4. The van der Waals surface area contributed by atoms with Gasteiger partial charge < -0.3 is 10.5 Å². The summed E-state index contributed by atoms with van der Waals surface area (Å²) in [7, 11) is 0. The Hall–Kier alpha value is -1.96. The van der Waals surface area contributed by atoms with Crippen LogP contribution in [0.4, 0.5) is 5.69 Å². The van der Waals surface area contributed by atoms with Crippen LogP contribution in [0.2, 0.25) is 0 Å². The molecule has 2 aromatic rings. The van der Waals surface area contributed by atoms with Gasteiger partial charge in [-0.15, -0.1) is 0 Å². The van der Waals surface area contributed by atoms with Gasteiger partial charge in [-0.25, -0.2) is 0 Å². The van der Waals surface area contributed by atoms with Crippen LogP contribution in [0, 0.1) is 6.92 Å². The van der Waals surface area contributed by atoms with Gasteiger partial charge in [-0.2, -0.15) is 0 Å². The van der Waals surface area contributed by atoms with Crippen LogP contribution < -0.4 is 10.5 Å². The molecule has 0 atom stereocenters. The van der Waals surface area contributed by atoms with Gasteiger partial charge in [0.2, 0.25) is 0 Å². The van der Waals surface area contributed by atoms with Crippen molar-refractivity contribution in [2.24, 2.45) is 0 Å². The molecule has 2 aromatic carbocycles. The fourth-order valence-electron chi connectivity index (χ4n) is 2.03. The van der Waals surface area contributed by atoms with Crippen molar-refractivity contribution in [3.8, 4) is 5.75 Å². The monoisotopic (exact) mass is 269 g/mol. The number of ether oxygens (including phenoxy) is 1. The maximum atomic E-state index is 5.85. The minimum Gasteiger partial charge on any atom is -0.489 e. The summed E-state index contributed by atoms with van der Waals surface area (Å²) >= 11 is 0. The van der Waals surface area contributed by atoms with Crippen LogP contribution in [0.25, 0.3) is 0 Å². The van der Waals surface area contributed by atoms with Gasteiger partial charge in [0.1, 0.15) is 12.4 Å². The van der Waals surface area contributed by atoms with Gasteiger partial charge in [0.05, 0.1) is 0 Å². The van der Waals surface area contributed by atoms with Gasteiger partial charge >= 0.3 is 0 Å². The normalized spacial score (nSPS) is 11.4. The maximum absolute atomic E-state index is 5.85. The van der Waals surface area contributed by atoms with Gasteiger partial charge in [-0.05, 0) is 35.1 Å². The highest BCUT2D eigenvalue weighted by Crippen LogP contribution is 2.24. The maximum Gasteiger partial charge on any atom is 0.124 e. The van der Waals surface area contributed by atoms with Crippen molar-refractivity contribution < 1.29 is 4.74 Å². The Kier molecular flexibility index (Phi) is 4.03. The molecule has 20 heavy (non-hydrogen) atoms. The molecule has 0 heterocycles. The molecular weight excluding hydrogens is 246 g/mol. The minimum atomic E-state index is 0.184. The van der Waals surface area contributed by atoms with E-state index in [1.807, 2.05) is 25.1 Å². The summed E-state index contributed by atoms with van der Waals surface area (Å²) in [5.74, 6) is 0.852. The Labute approximate surface area is 121 Å². The Bertz CT molecular complexity index is 579. The molecule has 2 rings (SSSR count). The summed E-state index contributed by atoms with van der Waals surface area (Å²) in [5, 5.41) is 0. The Morgan fingerprint density at radius 3 is 2.25 bits per heavy atom. The lowest BCUT2D eigenvalue weighted by atomic mass is 9.87. The van der Waals surface area contributed by atoms with Crippen molar-refractivity contribution in [3.63, 3.8) is 0 Å². The van der Waals surface area contributed by atoms with E-state index in [1.54, 1.807) is 0 Å². The molecule has 0 unspecified atom stereocenters. The molecule has 0 aliphatic heterocycles. The lowest BCUT2D eigenvalue weighted by molar-refractivity contribution is 0.304. The molecule has 0 fully saturated rings. The van der Waals surface area contributed by atoms with E-state index < -0.39 is 0 Å². The van der Waals surface area contributed by atoms with Crippen LogP contribution in [0.3, 0.4) is 0 Å². The van der Waals surface area contributed by atoms with Gasteiger partial charge in [-0.3, -0.25) is 0 Å². The molecule has 2 N–H and O–H groups in total. The van der Waals surface area contributed by atoms with Crippen LogP contribution >= 0.6 is 0 Å². The van der Waals surface area contributed by atoms with E-state index in [0.29, 0.717) is 6.61 Å². The van der Waals surface area contributed by atoms with Crippen LogP contribution in [0.1, 0.15) is 37.5 Å². The summed E-state index contributed by atoms with van der Waals surface area (Å²) in [4.78, 5) is 0. The standard InChI is InChI=1S/C18H23NO/c1-13-5-10-16(19)11-17(13)20-12-14-6-8-15(9-7-14)18(2,3)4/h5-11H,12,19H2,1-4H3. The minimum absolute atomic E-state index is 0.184. The lowest BCUT2D eigenvalue weighted by Crippen LogP contribution is -2.10. The number of aryl methyl sites for hydroxylation is 1. The van der Waals surface area contributed by atoms with Crippen LogP contribution in [-0.4, -0.2) is 0 Å². The number of hydrogen-bond acceptors (Lipinski definition) is 2. The molecule has 0 spiro atoms. The van der Waals surface area contributed by atoms with E-state index in [1.165, 1.54) is 11.1 Å². The third-order valence-electron chi connectivity index (χ3n) is 3.43. The predicted molar refractivity (Wildman–Crippen MR) is 85.1 cm³/mol. The zero-order valence-electron chi connectivity index (χ0n) is 12.7. The summed E-state index contributed by atoms with van der Waals surface area (Å²) < 4.78 is 5.85. The molecule has 0 bridgehead atoms. The van der Waals surface area contributed by atoms with Gasteiger partial charge in [0.15, 0.2) is 0 Å². The number of hydrogen-bond donors (Lipinski definition) is 1. The molecule has 0 aliphatic rings. The van der Waals surface area contributed by atoms with Crippen molar-refractivity contribution in [2.75, 3.05) is 5.73 Å². The Balaban J connectivity index is 2.06. The second-order valence-electron chi connectivity index (χ2n) is 6.26. The number of rotatable bonds is 3. The molecule has 0 aliphatic carbocycles. The third kappa shape index (κ3) is 3.53. The topological polar surface area (TPSA) is 35.2 Å². The van der Waals surface area contributed by atoms with E-state index in [2.05, 4.69) is 45.0 Å². The number of anilines is 1. The molecule has 0 saturated heterocycles. The molecule has 106 valence electrons. The van der Waals surface area contributed by atoms with Crippen LogP contribution in [-0.2, 0) is 12.0 Å². The zero-order chi connectivity index (χ0) is 14.8. The van der Waals surface area contributed by atoms with Gasteiger partial charge in [0.25, 0.3) is 0 Å². The third-order valence-corrected chi connectivity index (χ3v) is 3.43. The summed E-state index contributed by atoms with van der Waals surface area (Å²) in [6.07, 6.45) is 0. The molecule has 0 aromatic heterocycles. The first-order chi connectivity index (χ1) is 9.36. The second-order valence-corrected chi connectivity index (χ2v) is 6.26. The van der Waals surface area contributed by atoms with E-state index in [-0.39, 0.29) is 5.41 Å². The van der Waals surface area contributed by atoms with Crippen molar-refractivity contribution in [1.82, 2.24) is 0 Å². The SMILES string of the molecule is Cc1ccc(N)cc1OCc1ccc(C(C)(C)C)cc1. The highest BCUT2D eigenvalue weighted by atomic mass is 16.5. The molecular formula is C18H23NO. The van der Waals surface area contributed by atoms with Crippen LogP contribution in [0.5, 0.6) is 5.75 Å². The van der Waals surface area contributed by atoms with E-state index in [4.69, 9.17) is 10.5 Å². The summed E-state index contributed by atoms with van der Waals surface area (Å²) in [6, 6.07) is 14.3. The summed E-state index contributed by atoms with van der Waals surface area (Å²) in [6.45, 7) is 9.24. The highest BCUT2D eigenvalue weighted by molar-refractivity contribution is 5.48. The number of nitrogen functional groups attached to an aromatic ring is 1. The fourth-order valence-corrected chi connectivity index (χ4v) is 2.03. The molecule has 2 nitrogen and oxygen atoms in total. The van der Waals surface area contributed by atoms with Gasteiger partial charge in [-0.1, -0.05) is 51.1 Å². The van der Waals surface area contributed by atoms with Crippen molar-refractivity contribution in [1.29, 1.82) is 0 Å². The average molecular weight is 269 g/mol. The first-order valence-electron chi connectivity index (χ1n) is 6.94. The second kappa shape index (κ2) is 5.58. The molecule has 0 radical (unpaired) electrons. The first-order valence-corrected chi connectivity index (χ1v) is 6.94. The van der Waals surface area contributed by atoms with E-state index in [0.717, 1.165) is 17.0 Å². The highest BCUT2D eigenvalue weighted by Gasteiger charge is 2.12. The van der Waals surface area contributed by atoms with E-state index >= 15 is 0 Å². The Morgan fingerprint density at radius 2 is 1.65 bits per heavy atom. The van der Waals surface area contributed by atoms with Crippen molar-refractivity contribution >= 4 is 5.69 Å². The zero-order valence-corrected chi connectivity index (χ0v) is 12.7. The smallest absolute Gasteiger partial charge is 0.124 e. The predicted octanol–water partition coefficient (Wildman–Crippen LogP) is 4.45. The quantitative estimate of drug-likeness (QED) is 0.835. The molecule has 2 heteroatoms. The van der Waals surface area contributed by atoms with Crippen LogP contribution in [0.15, 0.2) is 42.5 Å². The lowest BCUT2D eigenvalue weighted by Gasteiger charge is -2.19. The Morgan fingerprint density at radius 1 is 1.00 bits per heavy atom. The van der Waals surface area contributed by atoms with Crippen molar-refractivity contribution in [3.05, 3.63) is 59.2 Å². The average Bonchev–Trinajstić information content (AvgIpc) is 2.39. The number of benzene rings is 2. The van der Waals surface area contributed by atoms with E-state index in [9.17, 15) is 0 Å². The van der Waals surface area contributed by atoms with Crippen molar-refractivity contribution in [2.45, 2.75) is 39.7 Å². The van der Waals surface area contributed by atoms with Gasteiger partial charge in [0, 0.05) is 11.8 Å². The summed E-state index contributed by atoms with van der Waals surface area (Å²) in [5.41, 5.74) is 10.3. The number of nitrogens with two attached hydrogens (primary N) is 1. The molecule has 0 saturated carbocycles.